The van der Waals surface area contributed by atoms with E-state index in [4.69, 9.17) is 0 Å². The predicted molar refractivity (Wildman–Crippen MR) is 39.9 cm³/mol. The zero-order valence-electron chi connectivity index (χ0n) is 7.16. The summed E-state index contributed by atoms with van der Waals surface area (Å²) in [4.78, 5) is 10.9. The van der Waals surface area contributed by atoms with Crippen molar-refractivity contribution in [2.24, 2.45) is 0 Å². The van der Waals surface area contributed by atoms with Gasteiger partial charge in [-0.05, 0) is 30.3 Å². The van der Waals surface area contributed by atoms with Crippen molar-refractivity contribution < 1.29 is 43.8 Å². The third kappa shape index (κ3) is 3.72. The Morgan fingerprint density at radius 1 is 1.31 bits per heavy atom. The van der Waals surface area contributed by atoms with Gasteiger partial charge in [-0.15, -0.1) is 6.26 Å². The number of halogens is 1. The van der Waals surface area contributed by atoms with Crippen LogP contribution in [0.25, 0.3) is 0 Å². The molecule has 0 radical (unpaired) electrons. The van der Waals surface area contributed by atoms with Crippen LogP contribution in [0.1, 0.15) is 10.4 Å². The van der Waals surface area contributed by atoms with E-state index < -0.39 is 11.6 Å². The van der Waals surface area contributed by atoms with Crippen LogP contribution in [0.2, 0.25) is 0 Å². The number of benzene rings is 1. The molecule has 0 bridgehead atoms. The molecule has 0 aliphatic carbocycles. The summed E-state index contributed by atoms with van der Waals surface area (Å²) in [7, 11) is 0. The second-order valence-electron chi connectivity index (χ2n) is 2.17. The van der Waals surface area contributed by atoms with Gasteiger partial charge in [0.15, 0.2) is 5.78 Å². The van der Waals surface area contributed by atoms with Gasteiger partial charge in [0.05, 0.1) is 0 Å². The number of carbonyl (C=O) groups is 1. The van der Waals surface area contributed by atoms with E-state index in [0.717, 1.165) is 6.08 Å². The number of allylic oxidation sites excluding steroid dienone is 1. The number of ketones is 1. The van der Waals surface area contributed by atoms with Gasteiger partial charge in [-0.1, -0.05) is 0 Å². The minimum absolute atomic E-state index is 0. The van der Waals surface area contributed by atoms with Gasteiger partial charge in [-0.3, -0.25) is 4.79 Å². The summed E-state index contributed by atoms with van der Waals surface area (Å²) in [6.45, 7) is 0. The molecule has 1 rings (SSSR count). The van der Waals surface area contributed by atoms with Crippen LogP contribution >= 0.6 is 0 Å². The van der Waals surface area contributed by atoms with Crippen molar-refractivity contribution in [1.82, 2.24) is 0 Å². The Balaban J connectivity index is 0.00000144. The Bertz CT molecular complexity index is 306. The molecule has 1 aromatic rings. The second kappa shape index (κ2) is 5.91. The molecule has 13 heavy (non-hydrogen) atoms. The summed E-state index contributed by atoms with van der Waals surface area (Å²) >= 11 is 0. The van der Waals surface area contributed by atoms with Crippen LogP contribution in [0.15, 0.2) is 36.6 Å². The summed E-state index contributed by atoms with van der Waals surface area (Å²) in [6.07, 6.45) is 1.30. The molecule has 62 valence electrons. The van der Waals surface area contributed by atoms with Gasteiger partial charge >= 0.3 is 29.6 Å². The SMILES string of the molecule is O=C(/C=C/[O-])c1ccc(F)cc1.[Na+]. The average molecular weight is 188 g/mol. The summed E-state index contributed by atoms with van der Waals surface area (Å²) in [5.41, 5.74) is 0.309. The van der Waals surface area contributed by atoms with Crippen LogP contribution in [0.4, 0.5) is 4.39 Å². The summed E-state index contributed by atoms with van der Waals surface area (Å²) in [5.74, 6) is -0.817. The van der Waals surface area contributed by atoms with E-state index in [-0.39, 0.29) is 29.6 Å². The van der Waals surface area contributed by atoms with Gasteiger partial charge in [0.2, 0.25) is 0 Å². The molecule has 4 heteroatoms. The maximum absolute atomic E-state index is 12.3. The maximum atomic E-state index is 12.3. The molecule has 0 aromatic heterocycles. The molecular formula is C9H6FNaO2. The van der Waals surface area contributed by atoms with Crippen LogP contribution in [-0.2, 0) is 0 Å². The first-order valence-electron chi connectivity index (χ1n) is 3.32. The largest absolute Gasteiger partial charge is 1.00 e. The topological polar surface area (TPSA) is 40.1 Å². The van der Waals surface area contributed by atoms with E-state index in [1.165, 1.54) is 24.3 Å². The summed E-state index contributed by atoms with van der Waals surface area (Å²) in [6, 6.07) is 5.01. The van der Waals surface area contributed by atoms with Gasteiger partial charge in [0.1, 0.15) is 5.82 Å². The summed E-state index contributed by atoms with van der Waals surface area (Å²) in [5, 5.41) is 9.91. The van der Waals surface area contributed by atoms with Crippen molar-refractivity contribution in [3.63, 3.8) is 0 Å². The Hall–Kier alpha value is -0.640. The van der Waals surface area contributed by atoms with Crippen molar-refractivity contribution >= 4 is 5.78 Å². The Kier molecular flexibility index (Phi) is 5.62. The fourth-order valence-electron chi connectivity index (χ4n) is 0.772. The fraction of sp³-hybridized carbons (Fsp3) is 0. The van der Waals surface area contributed by atoms with Gasteiger partial charge in [-0.25, -0.2) is 4.39 Å². The molecule has 0 aliphatic heterocycles. The number of hydrogen-bond acceptors (Lipinski definition) is 2. The van der Waals surface area contributed by atoms with E-state index in [0.29, 0.717) is 11.8 Å². The van der Waals surface area contributed by atoms with Crippen LogP contribution < -0.4 is 34.7 Å². The first-order chi connectivity index (χ1) is 5.74. The van der Waals surface area contributed by atoms with Crippen molar-refractivity contribution in [3.05, 3.63) is 48.0 Å². The van der Waals surface area contributed by atoms with E-state index in [9.17, 15) is 14.3 Å². The zero-order valence-corrected chi connectivity index (χ0v) is 9.16. The van der Waals surface area contributed by atoms with Crippen molar-refractivity contribution in [2.45, 2.75) is 0 Å². The molecule has 0 saturated carbocycles. The molecule has 0 spiro atoms. The number of carbonyl (C=O) groups excluding carboxylic acids is 1. The fourth-order valence-corrected chi connectivity index (χ4v) is 0.772. The smallest absolute Gasteiger partial charge is 0.878 e. The van der Waals surface area contributed by atoms with Crippen LogP contribution in [0, 0.1) is 5.82 Å². The van der Waals surface area contributed by atoms with Gasteiger partial charge < -0.3 is 5.11 Å². The van der Waals surface area contributed by atoms with Gasteiger partial charge in [-0.2, -0.15) is 0 Å². The Morgan fingerprint density at radius 2 is 1.85 bits per heavy atom. The minimum Gasteiger partial charge on any atom is -0.878 e. The first-order valence-corrected chi connectivity index (χ1v) is 3.32. The summed E-state index contributed by atoms with van der Waals surface area (Å²) < 4.78 is 12.3. The molecule has 1 aromatic carbocycles. The third-order valence-corrected chi connectivity index (χ3v) is 1.35. The van der Waals surface area contributed by atoms with Crippen molar-refractivity contribution in [2.75, 3.05) is 0 Å². The normalized spacial score (nSPS) is 9.62. The molecular weight excluding hydrogens is 182 g/mol. The first kappa shape index (κ1) is 12.4. The average Bonchev–Trinajstić information content (AvgIpc) is 2.06. The quantitative estimate of drug-likeness (QED) is 0.230. The van der Waals surface area contributed by atoms with Crippen molar-refractivity contribution in [1.29, 1.82) is 0 Å². The van der Waals surface area contributed by atoms with Crippen LogP contribution in [-0.4, -0.2) is 5.78 Å². The Morgan fingerprint density at radius 3 is 2.31 bits per heavy atom. The molecule has 0 unspecified atom stereocenters. The maximum Gasteiger partial charge on any atom is 1.00 e. The minimum atomic E-state index is -0.412. The second-order valence-corrected chi connectivity index (χ2v) is 2.17. The molecule has 0 N–H and O–H groups in total. The van der Waals surface area contributed by atoms with E-state index in [1.54, 1.807) is 0 Å². The Labute approximate surface area is 97.4 Å². The number of hydrogen-bond donors (Lipinski definition) is 0. The molecule has 0 aliphatic rings. The standard InChI is InChI=1S/C9H7FO2.Na/c10-8-3-1-7(2-4-8)9(12)5-6-11;/h1-6,11H;/q;+1/p-1/b6-5+;. The zero-order chi connectivity index (χ0) is 8.97. The van der Waals surface area contributed by atoms with E-state index in [2.05, 4.69) is 0 Å². The molecule has 0 heterocycles. The predicted octanol–water partition coefficient (Wildman–Crippen LogP) is -2.11. The van der Waals surface area contributed by atoms with Crippen LogP contribution in [0.3, 0.4) is 0 Å². The van der Waals surface area contributed by atoms with Gasteiger partial charge in [0.25, 0.3) is 0 Å². The van der Waals surface area contributed by atoms with Gasteiger partial charge in [0, 0.05) is 5.56 Å². The van der Waals surface area contributed by atoms with E-state index in [1.807, 2.05) is 0 Å². The van der Waals surface area contributed by atoms with Crippen molar-refractivity contribution in [3.8, 4) is 0 Å². The molecule has 2 nitrogen and oxygen atoms in total. The third-order valence-electron chi connectivity index (χ3n) is 1.35. The molecule has 0 atom stereocenters. The van der Waals surface area contributed by atoms with Crippen LogP contribution in [0.5, 0.6) is 0 Å². The number of rotatable bonds is 2. The molecule has 0 fully saturated rings. The molecule has 0 saturated heterocycles. The molecule has 0 amide bonds. The van der Waals surface area contributed by atoms with E-state index >= 15 is 0 Å². The monoisotopic (exact) mass is 188 g/mol.